The average molecular weight is 473 g/mol. The Kier molecular flexibility index (Phi) is 7.91. The summed E-state index contributed by atoms with van der Waals surface area (Å²) in [4.78, 5) is 26.4. The normalized spacial score (nSPS) is 40.8. The lowest BCUT2D eigenvalue weighted by molar-refractivity contribution is -0.160. The molecule has 0 amide bonds. The summed E-state index contributed by atoms with van der Waals surface area (Å²) in [6, 6.07) is 0. The number of rotatable bonds is 6. The summed E-state index contributed by atoms with van der Waals surface area (Å²) >= 11 is 0. The monoisotopic (exact) mass is 472 g/mol. The van der Waals surface area contributed by atoms with Crippen LogP contribution in [0.3, 0.4) is 0 Å². The van der Waals surface area contributed by atoms with E-state index >= 15 is 0 Å². The summed E-state index contributed by atoms with van der Waals surface area (Å²) < 4.78 is 18.1. The van der Waals surface area contributed by atoms with Crippen molar-refractivity contribution in [2.75, 3.05) is 0 Å². The van der Waals surface area contributed by atoms with Crippen molar-refractivity contribution in [3.63, 3.8) is 0 Å². The van der Waals surface area contributed by atoms with Gasteiger partial charge in [0, 0.05) is 6.08 Å². The summed E-state index contributed by atoms with van der Waals surface area (Å²) in [5.41, 5.74) is 0.692. The van der Waals surface area contributed by atoms with Crippen LogP contribution in [0.2, 0.25) is 0 Å². The molecule has 5 heteroatoms. The van der Waals surface area contributed by atoms with E-state index in [0.717, 1.165) is 25.7 Å². The van der Waals surface area contributed by atoms with E-state index in [9.17, 15) is 9.59 Å². The Bertz CT molecular complexity index is 811. The molecule has 2 aliphatic heterocycles. The number of esters is 2. The van der Waals surface area contributed by atoms with E-state index in [1.165, 1.54) is 18.9 Å². The third-order valence-electron chi connectivity index (χ3n) is 8.79. The van der Waals surface area contributed by atoms with Crippen LogP contribution in [0, 0.1) is 41.4 Å². The summed E-state index contributed by atoms with van der Waals surface area (Å²) in [6.45, 7) is 13.3. The first-order valence-electron chi connectivity index (χ1n) is 13.6. The Balaban J connectivity index is 1.47. The van der Waals surface area contributed by atoms with Gasteiger partial charge in [0.1, 0.15) is 18.1 Å². The van der Waals surface area contributed by atoms with E-state index < -0.39 is 5.92 Å². The first-order valence-corrected chi connectivity index (χ1v) is 13.6. The van der Waals surface area contributed by atoms with Gasteiger partial charge in [-0.3, -0.25) is 4.79 Å². The van der Waals surface area contributed by atoms with Gasteiger partial charge in [-0.1, -0.05) is 66.5 Å². The highest BCUT2D eigenvalue weighted by molar-refractivity contribution is 5.87. The van der Waals surface area contributed by atoms with Crippen LogP contribution in [0.4, 0.5) is 0 Å². The minimum Gasteiger partial charge on any atom is -0.462 e. The lowest BCUT2D eigenvalue weighted by atomic mass is 9.75. The van der Waals surface area contributed by atoms with Crippen LogP contribution in [0.1, 0.15) is 80.1 Å². The fourth-order valence-electron chi connectivity index (χ4n) is 6.70. The van der Waals surface area contributed by atoms with Crippen molar-refractivity contribution in [2.24, 2.45) is 41.4 Å². The first-order chi connectivity index (χ1) is 16.1. The molecule has 0 aromatic carbocycles. The molecule has 5 nitrogen and oxygen atoms in total. The molecule has 2 aliphatic carbocycles. The van der Waals surface area contributed by atoms with Crippen LogP contribution in [0.5, 0.6) is 0 Å². The number of hydrogen-bond donors (Lipinski definition) is 0. The van der Waals surface area contributed by atoms with Crippen molar-refractivity contribution < 1.29 is 23.8 Å². The Morgan fingerprint density at radius 1 is 0.882 bits per heavy atom. The van der Waals surface area contributed by atoms with E-state index in [2.05, 4.69) is 41.5 Å². The van der Waals surface area contributed by atoms with E-state index in [1.54, 1.807) is 0 Å². The zero-order valence-electron chi connectivity index (χ0n) is 21.9. The molecule has 0 spiro atoms. The van der Waals surface area contributed by atoms with Gasteiger partial charge in [0.25, 0.3) is 0 Å². The van der Waals surface area contributed by atoms with Gasteiger partial charge in [0.15, 0.2) is 0 Å². The van der Waals surface area contributed by atoms with E-state index in [1.807, 2.05) is 12.2 Å². The lowest BCUT2D eigenvalue weighted by Crippen LogP contribution is -2.39. The lowest BCUT2D eigenvalue weighted by Gasteiger charge is -2.37. The van der Waals surface area contributed by atoms with Gasteiger partial charge in [-0.25, -0.2) is 4.79 Å². The van der Waals surface area contributed by atoms with Crippen LogP contribution in [0.25, 0.3) is 0 Å². The molecule has 1 saturated heterocycles. The molecule has 2 bridgehead atoms. The molecule has 4 rings (SSSR count). The number of hydrogen-bond acceptors (Lipinski definition) is 5. The number of carbonyl (C=O) groups excluding carboxylic acids is 2. The highest BCUT2D eigenvalue weighted by Gasteiger charge is 2.48. The minimum atomic E-state index is -0.557. The molecule has 190 valence electrons. The van der Waals surface area contributed by atoms with E-state index in [0.29, 0.717) is 41.1 Å². The van der Waals surface area contributed by atoms with Crippen molar-refractivity contribution in [3.05, 3.63) is 23.8 Å². The fourth-order valence-corrected chi connectivity index (χ4v) is 6.70. The maximum absolute atomic E-state index is 13.4. The topological polar surface area (TPSA) is 61.8 Å². The van der Waals surface area contributed by atoms with Crippen LogP contribution >= 0.6 is 0 Å². The summed E-state index contributed by atoms with van der Waals surface area (Å²) in [6.07, 6.45) is 10.9. The second kappa shape index (κ2) is 10.6. The standard InChI is InChI=1S/C29H44O5/c1-16(2)20-9-7-18(5)13-25(20)33-27(30)15-22-23-11-12-24(32-23)28(22)29(31)34-26-14-19(6)8-10-21(26)17(3)4/h11-12,15-21,23-26,28H,7-10,13-14H2,1-6H3/t18-,19-,20+,21+,23?,24?,25-,26-,28?/m1/s1. The molecule has 9 atom stereocenters. The molecule has 0 aromatic rings. The molecule has 3 unspecified atom stereocenters. The molecule has 2 heterocycles. The largest absolute Gasteiger partial charge is 0.462 e. The average Bonchev–Trinajstić information content (AvgIpc) is 3.35. The van der Waals surface area contributed by atoms with E-state index in [4.69, 9.17) is 14.2 Å². The Morgan fingerprint density at radius 2 is 1.44 bits per heavy atom. The smallest absolute Gasteiger partial charge is 0.331 e. The van der Waals surface area contributed by atoms with Gasteiger partial charge < -0.3 is 14.2 Å². The van der Waals surface area contributed by atoms with Gasteiger partial charge in [0.05, 0.1) is 12.2 Å². The molecular formula is C29H44O5. The SMILES string of the molecule is CC(C)[C@@H]1CC[C@@H](C)C[C@H]1OC(=O)C=C1C2C=CC(O2)C1C(=O)O[C@@H]1C[C@H](C)CC[C@H]1C(C)C. The maximum Gasteiger partial charge on any atom is 0.331 e. The summed E-state index contributed by atoms with van der Waals surface area (Å²) in [5, 5.41) is 0. The highest BCUT2D eigenvalue weighted by Crippen LogP contribution is 2.42. The van der Waals surface area contributed by atoms with Crippen molar-refractivity contribution in [1.82, 2.24) is 0 Å². The Hall–Kier alpha value is -1.62. The molecule has 0 radical (unpaired) electrons. The van der Waals surface area contributed by atoms with Gasteiger partial charge >= 0.3 is 11.9 Å². The third kappa shape index (κ3) is 5.45. The quantitative estimate of drug-likeness (QED) is 0.275. The zero-order chi connectivity index (χ0) is 24.6. The van der Waals surface area contributed by atoms with Crippen LogP contribution < -0.4 is 0 Å². The molecule has 4 aliphatic rings. The van der Waals surface area contributed by atoms with Crippen molar-refractivity contribution in [1.29, 1.82) is 0 Å². The van der Waals surface area contributed by atoms with Gasteiger partial charge in [-0.15, -0.1) is 0 Å². The Morgan fingerprint density at radius 3 is 2.00 bits per heavy atom. The highest BCUT2D eigenvalue weighted by atomic mass is 16.6. The zero-order valence-corrected chi connectivity index (χ0v) is 21.9. The maximum atomic E-state index is 13.4. The minimum absolute atomic E-state index is 0.0657. The fraction of sp³-hybridized carbons (Fsp3) is 0.793. The number of ether oxygens (including phenoxy) is 3. The number of carbonyl (C=O) groups is 2. The van der Waals surface area contributed by atoms with Gasteiger partial charge in [-0.2, -0.15) is 0 Å². The summed E-state index contributed by atoms with van der Waals surface area (Å²) in [5.74, 6) is 1.66. The molecule has 0 N–H and O–H groups in total. The Labute approximate surface area is 205 Å². The first kappa shape index (κ1) is 25.5. The van der Waals surface area contributed by atoms with Crippen molar-refractivity contribution in [3.8, 4) is 0 Å². The van der Waals surface area contributed by atoms with Gasteiger partial charge in [-0.05, 0) is 66.8 Å². The predicted molar refractivity (Wildman–Crippen MR) is 132 cm³/mol. The molecular weight excluding hydrogens is 428 g/mol. The number of fused-ring (bicyclic) bond motifs is 2. The molecule has 0 aromatic heterocycles. The van der Waals surface area contributed by atoms with Crippen LogP contribution in [-0.2, 0) is 23.8 Å². The molecule has 2 saturated carbocycles. The van der Waals surface area contributed by atoms with Crippen LogP contribution in [0.15, 0.2) is 23.8 Å². The molecule has 34 heavy (non-hydrogen) atoms. The van der Waals surface area contributed by atoms with E-state index in [-0.39, 0.29) is 36.4 Å². The van der Waals surface area contributed by atoms with Crippen LogP contribution in [-0.4, -0.2) is 36.4 Å². The third-order valence-corrected chi connectivity index (χ3v) is 8.79. The summed E-state index contributed by atoms with van der Waals surface area (Å²) in [7, 11) is 0. The predicted octanol–water partition coefficient (Wildman–Crippen LogP) is 5.87. The van der Waals surface area contributed by atoms with Gasteiger partial charge in [0.2, 0.25) is 0 Å². The van der Waals surface area contributed by atoms with Crippen molar-refractivity contribution >= 4 is 11.9 Å². The van der Waals surface area contributed by atoms with Crippen molar-refractivity contribution in [2.45, 2.75) is 104 Å². The second-order valence-electron chi connectivity index (χ2n) is 12.1. The molecule has 3 fully saturated rings. The second-order valence-corrected chi connectivity index (χ2v) is 12.1.